The Bertz CT molecular complexity index is 1220. The average Bonchev–Trinajstić information content (AvgIpc) is 2.90. The first-order chi connectivity index (χ1) is 17.3. The van der Waals surface area contributed by atoms with Crippen molar-refractivity contribution in [3.63, 3.8) is 0 Å². The number of benzene rings is 1. The highest BCUT2D eigenvalue weighted by molar-refractivity contribution is 6.42. The van der Waals surface area contributed by atoms with Gasteiger partial charge in [-0.25, -0.2) is 15.0 Å². The van der Waals surface area contributed by atoms with Crippen LogP contribution in [0.25, 0.3) is 0 Å². The number of halogens is 2. The number of nitrogens with one attached hydrogen (secondary N) is 2. The number of ether oxygens (including phenoxy) is 2. The van der Waals surface area contributed by atoms with E-state index in [4.69, 9.17) is 48.8 Å². The molecule has 1 fully saturated rings. The van der Waals surface area contributed by atoms with Crippen LogP contribution in [0.15, 0.2) is 42.7 Å². The van der Waals surface area contributed by atoms with E-state index in [-0.39, 0.29) is 34.1 Å². The normalized spacial score (nSPS) is 14.9. The maximum absolute atomic E-state index is 10.5. The first-order valence-corrected chi connectivity index (χ1v) is 12.1. The summed E-state index contributed by atoms with van der Waals surface area (Å²) in [4.78, 5) is 15.2. The van der Waals surface area contributed by atoms with Gasteiger partial charge in [0.25, 0.3) is 0 Å². The topological polar surface area (TPSA) is 142 Å². The smallest absolute Gasteiger partial charge is 0.241 e. The zero-order chi connectivity index (χ0) is 25.7. The summed E-state index contributed by atoms with van der Waals surface area (Å²) in [6, 6.07) is 9.12. The van der Waals surface area contributed by atoms with E-state index < -0.39 is 5.60 Å². The number of hydrogen-bond acceptors (Lipinski definition) is 10. The van der Waals surface area contributed by atoms with Gasteiger partial charge in [-0.05, 0) is 30.5 Å². The average molecular weight is 532 g/mol. The van der Waals surface area contributed by atoms with E-state index in [0.717, 1.165) is 11.3 Å². The molecule has 0 aliphatic carbocycles. The molecule has 0 saturated carbocycles. The summed E-state index contributed by atoms with van der Waals surface area (Å²) < 4.78 is 10.9. The van der Waals surface area contributed by atoms with Gasteiger partial charge < -0.3 is 30.5 Å². The van der Waals surface area contributed by atoms with Crippen molar-refractivity contribution in [1.82, 2.24) is 15.0 Å². The number of piperidine rings is 1. The molecular weight excluding hydrogens is 505 g/mol. The monoisotopic (exact) mass is 531 g/mol. The first-order valence-electron chi connectivity index (χ1n) is 11.3. The van der Waals surface area contributed by atoms with Crippen molar-refractivity contribution in [2.45, 2.75) is 25.0 Å². The molecule has 2 aromatic heterocycles. The summed E-state index contributed by atoms with van der Waals surface area (Å²) in [6.45, 7) is 1.81. The van der Waals surface area contributed by atoms with E-state index in [1.807, 2.05) is 29.2 Å². The van der Waals surface area contributed by atoms with Gasteiger partial charge in [-0.2, -0.15) is 0 Å². The summed E-state index contributed by atoms with van der Waals surface area (Å²) in [7, 11) is 1.61. The summed E-state index contributed by atoms with van der Waals surface area (Å²) in [5.74, 6) is 1.67. The Labute approximate surface area is 218 Å². The number of anilines is 2. The number of nitrogens with two attached hydrogens (primary N) is 1. The molecule has 12 heteroatoms. The second-order valence-corrected chi connectivity index (χ2v) is 9.12. The standard InChI is InChI=1S/C24H27Cl2N7O3/c1-35-16-4-2-15(3-5-16)12-31-23-20(22(28)36-17-6-9-29-21(26)19(17)25)30-13-18(32-23)33-10-7-24(34,14-27)8-11-33/h2-6,9,13,28,34H,7-8,10-12,14,27H2,1H3,(H,31,32). The Balaban J connectivity index is 1.59. The van der Waals surface area contributed by atoms with Crippen LogP contribution < -0.4 is 25.4 Å². The quantitative estimate of drug-likeness (QED) is 0.195. The Hall–Kier alpha value is -3.18. The molecule has 4 rings (SSSR count). The SMILES string of the molecule is COc1ccc(CNc2nc(N3CCC(O)(CN)CC3)cnc2C(=N)Oc2ccnc(Cl)c2Cl)cc1. The lowest BCUT2D eigenvalue weighted by molar-refractivity contribution is 0.0248. The maximum Gasteiger partial charge on any atom is 0.241 e. The molecule has 10 nitrogen and oxygen atoms in total. The molecule has 0 atom stereocenters. The third kappa shape index (κ3) is 5.96. The predicted octanol–water partition coefficient (Wildman–Crippen LogP) is 3.49. The molecule has 0 amide bonds. The van der Waals surface area contributed by atoms with E-state index in [1.54, 1.807) is 13.3 Å². The van der Waals surface area contributed by atoms with Gasteiger partial charge in [-0.15, -0.1) is 0 Å². The molecule has 1 aliphatic rings. The van der Waals surface area contributed by atoms with Crippen molar-refractivity contribution in [1.29, 1.82) is 5.41 Å². The van der Waals surface area contributed by atoms with Crippen molar-refractivity contribution in [3.05, 3.63) is 64.2 Å². The Morgan fingerprint density at radius 2 is 1.92 bits per heavy atom. The fourth-order valence-electron chi connectivity index (χ4n) is 3.75. The Morgan fingerprint density at radius 3 is 2.58 bits per heavy atom. The largest absolute Gasteiger partial charge is 0.497 e. The van der Waals surface area contributed by atoms with E-state index in [1.165, 1.54) is 12.3 Å². The minimum atomic E-state index is -0.861. The first kappa shape index (κ1) is 25.9. The number of aromatic nitrogens is 3. The molecule has 1 aliphatic heterocycles. The van der Waals surface area contributed by atoms with Gasteiger partial charge in [0.1, 0.15) is 16.6 Å². The molecule has 0 spiro atoms. The maximum atomic E-state index is 10.5. The summed E-state index contributed by atoms with van der Waals surface area (Å²) in [6.07, 6.45) is 4.08. The molecule has 1 aromatic carbocycles. The highest BCUT2D eigenvalue weighted by Gasteiger charge is 2.31. The predicted molar refractivity (Wildman–Crippen MR) is 140 cm³/mol. The number of nitrogens with zero attached hydrogens (tertiary/aromatic N) is 4. The lowest BCUT2D eigenvalue weighted by Crippen LogP contribution is -2.49. The van der Waals surface area contributed by atoms with Gasteiger partial charge in [-0.1, -0.05) is 35.3 Å². The zero-order valence-electron chi connectivity index (χ0n) is 19.7. The number of rotatable bonds is 8. The molecule has 1 saturated heterocycles. The van der Waals surface area contributed by atoms with Crippen molar-refractivity contribution in [2.24, 2.45) is 5.73 Å². The van der Waals surface area contributed by atoms with Crippen LogP contribution in [0.5, 0.6) is 11.5 Å². The van der Waals surface area contributed by atoms with E-state index in [0.29, 0.717) is 44.1 Å². The van der Waals surface area contributed by atoms with Crippen molar-refractivity contribution < 1.29 is 14.6 Å². The van der Waals surface area contributed by atoms with Gasteiger partial charge >= 0.3 is 0 Å². The molecule has 3 heterocycles. The van der Waals surface area contributed by atoms with Gasteiger partial charge in [0.15, 0.2) is 22.4 Å². The van der Waals surface area contributed by atoms with Crippen LogP contribution in [-0.2, 0) is 6.54 Å². The van der Waals surface area contributed by atoms with Crippen molar-refractivity contribution in [3.8, 4) is 11.5 Å². The summed E-state index contributed by atoms with van der Waals surface area (Å²) >= 11 is 12.2. The second kappa shape index (κ2) is 11.3. The fourth-order valence-corrected chi connectivity index (χ4v) is 4.05. The molecule has 0 unspecified atom stereocenters. The molecular formula is C24H27Cl2N7O3. The Morgan fingerprint density at radius 1 is 1.19 bits per heavy atom. The molecule has 5 N–H and O–H groups in total. The van der Waals surface area contributed by atoms with Crippen LogP contribution in [0.2, 0.25) is 10.2 Å². The minimum Gasteiger partial charge on any atom is -0.497 e. The third-order valence-corrected chi connectivity index (χ3v) is 6.76. The van der Waals surface area contributed by atoms with Crippen molar-refractivity contribution in [2.75, 3.05) is 37.0 Å². The lowest BCUT2D eigenvalue weighted by atomic mass is 9.92. The number of methoxy groups -OCH3 is 1. The zero-order valence-corrected chi connectivity index (χ0v) is 21.2. The Kier molecular flexibility index (Phi) is 8.10. The van der Waals surface area contributed by atoms with Crippen LogP contribution in [0, 0.1) is 5.41 Å². The van der Waals surface area contributed by atoms with Crippen molar-refractivity contribution >= 4 is 40.7 Å². The summed E-state index contributed by atoms with van der Waals surface area (Å²) in [5, 5.41) is 22.4. The second-order valence-electron chi connectivity index (χ2n) is 8.39. The number of hydrogen-bond donors (Lipinski definition) is 4. The molecule has 3 aromatic rings. The summed E-state index contributed by atoms with van der Waals surface area (Å²) in [5.41, 5.74) is 6.04. The lowest BCUT2D eigenvalue weighted by Gasteiger charge is -2.38. The highest BCUT2D eigenvalue weighted by Crippen LogP contribution is 2.31. The third-order valence-electron chi connectivity index (χ3n) is 6.02. The van der Waals surface area contributed by atoms with Gasteiger partial charge in [0.05, 0.1) is 18.9 Å². The molecule has 36 heavy (non-hydrogen) atoms. The van der Waals surface area contributed by atoms with Gasteiger partial charge in [0.2, 0.25) is 5.90 Å². The minimum absolute atomic E-state index is 0.0730. The van der Waals surface area contributed by atoms with Gasteiger partial charge in [-0.3, -0.25) is 5.41 Å². The van der Waals surface area contributed by atoms with Crippen LogP contribution in [0.1, 0.15) is 24.1 Å². The molecule has 190 valence electrons. The van der Waals surface area contributed by atoms with Crippen LogP contribution in [0.3, 0.4) is 0 Å². The van der Waals surface area contributed by atoms with Crippen LogP contribution in [0.4, 0.5) is 11.6 Å². The highest BCUT2D eigenvalue weighted by atomic mass is 35.5. The number of aliphatic hydroxyl groups is 1. The van der Waals surface area contributed by atoms with E-state index >= 15 is 0 Å². The molecule has 0 radical (unpaired) electrons. The van der Waals surface area contributed by atoms with E-state index in [2.05, 4.69) is 15.3 Å². The molecule has 0 bridgehead atoms. The van der Waals surface area contributed by atoms with Crippen LogP contribution >= 0.6 is 23.2 Å². The van der Waals surface area contributed by atoms with Crippen LogP contribution in [-0.4, -0.2) is 58.3 Å². The fraction of sp³-hybridized carbons (Fsp3) is 0.333. The number of pyridine rings is 1. The van der Waals surface area contributed by atoms with E-state index in [9.17, 15) is 5.11 Å². The van der Waals surface area contributed by atoms with Gasteiger partial charge in [0, 0.05) is 38.4 Å².